The first-order valence-electron chi connectivity index (χ1n) is 4.74. The first-order chi connectivity index (χ1) is 7.09. The molecule has 0 spiro atoms. The molecular weight excluding hydrogens is 188 g/mol. The SMILES string of the molecule is C/C(=C/C=C/C(=O)O)c1cccc(C)c1. The van der Waals surface area contributed by atoms with Gasteiger partial charge in [0.15, 0.2) is 0 Å². The van der Waals surface area contributed by atoms with Crippen LogP contribution in [0.1, 0.15) is 18.1 Å². The van der Waals surface area contributed by atoms with E-state index in [9.17, 15) is 4.79 Å². The minimum atomic E-state index is -0.928. The molecule has 0 aliphatic rings. The van der Waals surface area contributed by atoms with Gasteiger partial charge in [-0.05, 0) is 25.0 Å². The number of carboxylic acid groups (broad SMARTS) is 1. The molecule has 0 unspecified atom stereocenters. The molecule has 0 amide bonds. The van der Waals surface area contributed by atoms with Crippen LogP contribution >= 0.6 is 0 Å². The van der Waals surface area contributed by atoms with Crippen molar-refractivity contribution >= 4 is 11.5 Å². The lowest BCUT2D eigenvalue weighted by Crippen LogP contribution is -1.85. The summed E-state index contributed by atoms with van der Waals surface area (Å²) >= 11 is 0. The Labute approximate surface area is 89.6 Å². The van der Waals surface area contributed by atoms with Crippen LogP contribution in [0.15, 0.2) is 42.5 Å². The summed E-state index contributed by atoms with van der Waals surface area (Å²) in [6.45, 7) is 3.99. The van der Waals surface area contributed by atoms with Crippen LogP contribution in [-0.4, -0.2) is 11.1 Å². The van der Waals surface area contributed by atoms with E-state index in [4.69, 9.17) is 5.11 Å². The van der Waals surface area contributed by atoms with Gasteiger partial charge < -0.3 is 5.11 Å². The largest absolute Gasteiger partial charge is 0.478 e. The van der Waals surface area contributed by atoms with Crippen LogP contribution in [0.2, 0.25) is 0 Å². The molecule has 0 saturated heterocycles. The third-order valence-electron chi connectivity index (χ3n) is 2.06. The Bertz CT molecular complexity index is 414. The fraction of sp³-hybridized carbons (Fsp3) is 0.154. The van der Waals surface area contributed by atoms with Crippen molar-refractivity contribution < 1.29 is 9.90 Å². The molecular formula is C13H14O2. The summed E-state index contributed by atoms with van der Waals surface area (Å²) in [6.07, 6.45) is 4.46. The third-order valence-corrected chi connectivity index (χ3v) is 2.06. The number of aliphatic carboxylic acids is 1. The van der Waals surface area contributed by atoms with Crippen LogP contribution < -0.4 is 0 Å². The van der Waals surface area contributed by atoms with E-state index in [0.717, 1.165) is 17.2 Å². The molecule has 1 rings (SSSR count). The molecule has 0 fully saturated rings. The maximum absolute atomic E-state index is 10.3. The van der Waals surface area contributed by atoms with Crippen LogP contribution in [0, 0.1) is 6.92 Å². The molecule has 2 heteroatoms. The summed E-state index contributed by atoms with van der Waals surface area (Å²) in [6, 6.07) is 8.10. The molecule has 0 radical (unpaired) electrons. The lowest BCUT2D eigenvalue weighted by molar-refractivity contribution is -0.131. The van der Waals surface area contributed by atoms with Crippen molar-refractivity contribution in [2.45, 2.75) is 13.8 Å². The minimum Gasteiger partial charge on any atom is -0.478 e. The average Bonchev–Trinajstić information content (AvgIpc) is 2.17. The maximum atomic E-state index is 10.3. The molecule has 0 aliphatic heterocycles. The highest BCUT2D eigenvalue weighted by molar-refractivity contribution is 5.80. The number of carboxylic acids is 1. The number of rotatable bonds is 3. The molecule has 1 aromatic carbocycles. The van der Waals surface area contributed by atoms with Crippen LogP contribution in [0.5, 0.6) is 0 Å². The van der Waals surface area contributed by atoms with Gasteiger partial charge >= 0.3 is 5.97 Å². The van der Waals surface area contributed by atoms with Gasteiger partial charge in [0.05, 0.1) is 0 Å². The van der Waals surface area contributed by atoms with Crippen molar-refractivity contribution in [3.63, 3.8) is 0 Å². The summed E-state index contributed by atoms with van der Waals surface area (Å²) < 4.78 is 0. The van der Waals surface area contributed by atoms with Crippen molar-refractivity contribution in [1.82, 2.24) is 0 Å². The summed E-state index contributed by atoms with van der Waals surface area (Å²) in [5, 5.41) is 8.42. The van der Waals surface area contributed by atoms with E-state index in [1.54, 1.807) is 12.2 Å². The first kappa shape index (κ1) is 11.2. The zero-order chi connectivity index (χ0) is 11.3. The smallest absolute Gasteiger partial charge is 0.328 e. The van der Waals surface area contributed by atoms with Gasteiger partial charge in [-0.3, -0.25) is 0 Å². The molecule has 15 heavy (non-hydrogen) atoms. The number of allylic oxidation sites excluding steroid dienone is 3. The molecule has 1 N–H and O–H groups in total. The van der Waals surface area contributed by atoms with Gasteiger partial charge in [0.25, 0.3) is 0 Å². The number of hydrogen-bond acceptors (Lipinski definition) is 1. The van der Waals surface area contributed by atoms with Gasteiger partial charge in [0.1, 0.15) is 0 Å². The van der Waals surface area contributed by atoms with Crippen LogP contribution in [0.3, 0.4) is 0 Å². The van der Waals surface area contributed by atoms with Gasteiger partial charge in [-0.15, -0.1) is 0 Å². The van der Waals surface area contributed by atoms with Crippen molar-refractivity contribution in [3.05, 3.63) is 53.6 Å². The van der Waals surface area contributed by atoms with Crippen molar-refractivity contribution in [3.8, 4) is 0 Å². The summed E-state index contributed by atoms with van der Waals surface area (Å²) in [4.78, 5) is 10.3. The van der Waals surface area contributed by atoms with Gasteiger partial charge in [-0.25, -0.2) is 4.79 Å². The molecule has 0 aliphatic carbocycles. The molecule has 2 nitrogen and oxygen atoms in total. The van der Waals surface area contributed by atoms with E-state index in [1.807, 2.05) is 32.0 Å². The second-order valence-electron chi connectivity index (χ2n) is 3.42. The van der Waals surface area contributed by atoms with Gasteiger partial charge in [0.2, 0.25) is 0 Å². The number of carbonyl (C=O) groups is 1. The molecule has 0 atom stereocenters. The third kappa shape index (κ3) is 3.81. The Morgan fingerprint density at radius 1 is 1.40 bits per heavy atom. The molecule has 0 saturated carbocycles. The Morgan fingerprint density at radius 3 is 2.73 bits per heavy atom. The standard InChI is InChI=1S/C13H14O2/c1-10-5-3-7-12(9-10)11(2)6-4-8-13(14)15/h3-9H,1-2H3,(H,14,15)/b8-4+,11-6-. The Kier molecular flexibility index (Phi) is 3.86. The molecule has 0 bridgehead atoms. The molecule has 0 aromatic heterocycles. The van der Waals surface area contributed by atoms with Gasteiger partial charge in [-0.1, -0.05) is 42.0 Å². The highest BCUT2D eigenvalue weighted by atomic mass is 16.4. The predicted octanol–water partition coefficient (Wildman–Crippen LogP) is 3.04. The molecule has 1 aromatic rings. The van der Waals surface area contributed by atoms with Crippen LogP contribution in [0.4, 0.5) is 0 Å². The monoisotopic (exact) mass is 202 g/mol. The second-order valence-corrected chi connectivity index (χ2v) is 3.42. The summed E-state index contributed by atoms with van der Waals surface area (Å²) in [7, 11) is 0. The maximum Gasteiger partial charge on any atom is 0.328 e. The van der Waals surface area contributed by atoms with E-state index in [-0.39, 0.29) is 0 Å². The fourth-order valence-electron chi connectivity index (χ4n) is 1.26. The Hall–Kier alpha value is -1.83. The van der Waals surface area contributed by atoms with E-state index < -0.39 is 5.97 Å². The Balaban J connectivity index is 2.84. The average molecular weight is 202 g/mol. The second kappa shape index (κ2) is 5.15. The highest BCUT2D eigenvalue weighted by Crippen LogP contribution is 2.14. The van der Waals surface area contributed by atoms with Crippen LogP contribution in [0.25, 0.3) is 5.57 Å². The molecule has 78 valence electrons. The van der Waals surface area contributed by atoms with Crippen molar-refractivity contribution in [2.75, 3.05) is 0 Å². The predicted molar refractivity (Wildman–Crippen MR) is 61.6 cm³/mol. The quantitative estimate of drug-likeness (QED) is 0.604. The van der Waals surface area contributed by atoms with E-state index in [0.29, 0.717) is 0 Å². The van der Waals surface area contributed by atoms with Crippen molar-refractivity contribution in [2.24, 2.45) is 0 Å². The topological polar surface area (TPSA) is 37.3 Å². The number of benzene rings is 1. The van der Waals surface area contributed by atoms with Crippen molar-refractivity contribution in [1.29, 1.82) is 0 Å². The lowest BCUT2D eigenvalue weighted by Gasteiger charge is -2.01. The summed E-state index contributed by atoms with van der Waals surface area (Å²) in [5.41, 5.74) is 3.36. The zero-order valence-corrected chi connectivity index (χ0v) is 8.90. The lowest BCUT2D eigenvalue weighted by atomic mass is 10.0. The van der Waals surface area contributed by atoms with E-state index >= 15 is 0 Å². The minimum absolute atomic E-state index is 0.928. The van der Waals surface area contributed by atoms with E-state index in [1.165, 1.54) is 5.56 Å². The highest BCUT2D eigenvalue weighted by Gasteiger charge is 1.94. The fourth-order valence-corrected chi connectivity index (χ4v) is 1.26. The number of aryl methyl sites for hydroxylation is 1. The number of hydrogen-bond donors (Lipinski definition) is 1. The normalized spacial score (nSPS) is 12.0. The molecule has 0 heterocycles. The van der Waals surface area contributed by atoms with Gasteiger partial charge in [0, 0.05) is 6.08 Å². The first-order valence-corrected chi connectivity index (χ1v) is 4.74. The summed E-state index contributed by atoms with van der Waals surface area (Å²) in [5.74, 6) is -0.928. The van der Waals surface area contributed by atoms with Crippen LogP contribution in [-0.2, 0) is 4.79 Å². The zero-order valence-electron chi connectivity index (χ0n) is 8.90. The Morgan fingerprint density at radius 2 is 2.13 bits per heavy atom. The van der Waals surface area contributed by atoms with Gasteiger partial charge in [-0.2, -0.15) is 0 Å². The van der Waals surface area contributed by atoms with E-state index in [2.05, 4.69) is 6.07 Å².